The van der Waals surface area contributed by atoms with Crippen molar-refractivity contribution in [2.24, 2.45) is 0 Å². The summed E-state index contributed by atoms with van der Waals surface area (Å²) < 4.78 is 44.9. The predicted molar refractivity (Wildman–Crippen MR) is 48.1 cm³/mol. The largest absolute Gasteiger partial charge is 0.573 e. The van der Waals surface area contributed by atoms with Gasteiger partial charge >= 0.3 is 6.36 Å². The van der Waals surface area contributed by atoms with Crippen LogP contribution in [0.15, 0.2) is 6.20 Å². The number of aliphatic hydroxyl groups is 1. The summed E-state index contributed by atoms with van der Waals surface area (Å²) in [6.45, 7) is 0.870. The van der Waals surface area contributed by atoms with E-state index >= 15 is 0 Å². The molecule has 7 heteroatoms. The second kappa shape index (κ2) is 4.56. The number of hydrogen-bond acceptors (Lipinski definition) is 4. The summed E-state index contributed by atoms with van der Waals surface area (Å²) in [5, 5.41) is 8.91. The van der Waals surface area contributed by atoms with Crippen molar-refractivity contribution in [3.05, 3.63) is 17.5 Å². The van der Waals surface area contributed by atoms with E-state index in [1.165, 1.54) is 20.2 Å². The normalized spacial score (nSPS) is 11.4. The third-order valence-corrected chi connectivity index (χ3v) is 1.83. The van der Waals surface area contributed by atoms with Crippen LogP contribution in [-0.4, -0.2) is 23.6 Å². The van der Waals surface area contributed by atoms with Gasteiger partial charge in [0, 0.05) is 11.8 Å². The average Bonchev–Trinajstić information content (AvgIpc) is 2.19. The Hall–Kier alpha value is -1.50. The van der Waals surface area contributed by atoms with Crippen LogP contribution in [0, 0.1) is 6.92 Å². The third-order valence-electron chi connectivity index (χ3n) is 1.83. The summed E-state index contributed by atoms with van der Waals surface area (Å²) in [7, 11) is 1.19. The number of pyridine rings is 1. The van der Waals surface area contributed by atoms with Gasteiger partial charge in [0.2, 0.25) is 0 Å². The molecule has 0 aliphatic rings. The molecule has 0 saturated heterocycles. The first-order valence-corrected chi connectivity index (χ1v) is 4.28. The molecule has 0 unspecified atom stereocenters. The molecule has 0 atom stereocenters. The first kappa shape index (κ1) is 12.6. The predicted octanol–water partition coefficient (Wildman–Crippen LogP) is 1.79. The van der Waals surface area contributed by atoms with Crippen LogP contribution in [0.1, 0.15) is 11.3 Å². The first-order valence-electron chi connectivity index (χ1n) is 4.28. The van der Waals surface area contributed by atoms with Crippen LogP contribution in [0.4, 0.5) is 13.2 Å². The Morgan fingerprint density at radius 3 is 2.44 bits per heavy atom. The number of ether oxygens (including phenoxy) is 2. The number of halogens is 3. The molecule has 0 aliphatic carbocycles. The summed E-state index contributed by atoms with van der Waals surface area (Å²) in [5.74, 6) is -0.686. The van der Waals surface area contributed by atoms with Gasteiger partial charge in [-0.25, -0.2) is 0 Å². The minimum atomic E-state index is -4.83. The molecular weight excluding hydrogens is 227 g/mol. The smallest absolute Gasteiger partial charge is 0.492 e. The fourth-order valence-electron chi connectivity index (χ4n) is 1.17. The maximum absolute atomic E-state index is 12.1. The fraction of sp³-hybridized carbons (Fsp3) is 0.444. The maximum Gasteiger partial charge on any atom is 0.573 e. The number of hydrogen-bond donors (Lipinski definition) is 1. The van der Waals surface area contributed by atoms with Crippen LogP contribution in [0.2, 0.25) is 0 Å². The zero-order chi connectivity index (χ0) is 12.3. The molecule has 0 bridgehead atoms. The topological polar surface area (TPSA) is 51.6 Å². The monoisotopic (exact) mass is 237 g/mol. The summed E-state index contributed by atoms with van der Waals surface area (Å²) in [5.41, 5.74) is 0.165. The van der Waals surface area contributed by atoms with E-state index < -0.39 is 18.7 Å². The van der Waals surface area contributed by atoms with Crippen molar-refractivity contribution in [1.82, 2.24) is 4.98 Å². The molecule has 90 valence electrons. The highest BCUT2D eigenvalue weighted by Crippen LogP contribution is 2.36. The van der Waals surface area contributed by atoms with Crippen molar-refractivity contribution in [3.63, 3.8) is 0 Å². The van der Waals surface area contributed by atoms with E-state index in [2.05, 4.69) is 9.72 Å². The third kappa shape index (κ3) is 2.75. The quantitative estimate of drug-likeness (QED) is 0.870. The minimum Gasteiger partial charge on any atom is -0.492 e. The number of nitrogens with zero attached hydrogens (tertiary/aromatic N) is 1. The van der Waals surface area contributed by atoms with Gasteiger partial charge in [-0.05, 0) is 6.92 Å². The van der Waals surface area contributed by atoms with E-state index in [4.69, 9.17) is 9.84 Å². The van der Waals surface area contributed by atoms with Gasteiger partial charge in [0.25, 0.3) is 0 Å². The molecule has 0 amide bonds. The lowest BCUT2D eigenvalue weighted by molar-refractivity contribution is -0.275. The molecular formula is C9H10F3NO3. The van der Waals surface area contributed by atoms with Gasteiger partial charge in [-0.1, -0.05) is 0 Å². The molecule has 0 aliphatic heterocycles. The van der Waals surface area contributed by atoms with Crippen molar-refractivity contribution in [2.45, 2.75) is 19.9 Å². The number of aromatic nitrogens is 1. The number of alkyl halides is 3. The van der Waals surface area contributed by atoms with Gasteiger partial charge in [0.1, 0.15) is 0 Å². The Morgan fingerprint density at radius 2 is 2.00 bits per heavy atom. The van der Waals surface area contributed by atoms with Crippen molar-refractivity contribution >= 4 is 0 Å². The standard InChI is InChI=1S/C9H10F3NO3/c1-5-7(16-9(10,11)12)8(15-2)6(4-14)3-13-5/h3,14H,4H2,1-2H3. The zero-order valence-corrected chi connectivity index (χ0v) is 8.63. The second-order valence-electron chi connectivity index (χ2n) is 2.94. The molecule has 0 aromatic carbocycles. The van der Waals surface area contributed by atoms with Crippen molar-refractivity contribution < 1.29 is 27.8 Å². The van der Waals surface area contributed by atoms with Crippen LogP contribution in [0.5, 0.6) is 11.5 Å². The maximum atomic E-state index is 12.1. The zero-order valence-electron chi connectivity index (χ0n) is 8.63. The van der Waals surface area contributed by atoms with Gasteiger partial charge < -0.3 is 14.6 Å². The Kier molecular flexibility index (Phi) is 3.58. The highest BCUT2D eigenvalue weighted by molar-refractivity contribution is 5.47. The molecule has 1 aromatic rings. The SMILES string of the molecule is COc1c(CO)cnc(C)c1OC(F)(F)F. The van der Waals surface area contributed by atoms with E-state index in [-0.39, 0.29) is 17.0 Å². The summed E-state index contributed by atoms with van der Waals surface area (Å²) in [6, 6.07) is 0. The number of rotatable bonds is 3. The van der Waals surface area contributed by atoms with Crippen LogP contribution < -0.4 is 9.47 Å². The summed E-state index contributed by atoms with van der Waals surface area (Å²) in [4.78, 5) is 3.68. The molecule has 4 nitrogen and oxygen atoms in total. The fourth-order valence-corrected chi connectivity index (χ4v) is 1.17. The van der Waals surface area contributed by atoms with E-state index in [0.717, 1.165) is 0 Å². The average molecular weight is 237 g/mol. The molecule has 0 saturated carbocycles. The summed E-state index contributed by atoms with van der Waals surface area (Å²) in [6.07, 6.45) is -3.59. The lowest BCUT2D eigenvalue weighted by Gasteiger charge is -2.16. The van der Waals surface area contributed by atoms with E-state index in [9.17, 15) is 13.2 Å². The highest BCUT2D eigenvalue weighted by atomic mass is 19.4. The van der Waals surface area contributed by atoms with Crippen LogP contribution >= 0.6 is 0 Å². The van der Waals surface area contributed by atoms with Crippen molar-refractivity contribution in [2.75, 3.05) is 7.11 Å². The van der Waals surface area contributed by atoms with Gasteiger partial charge in [-0.3, -0.25) is 4.98 Å². The summed E-state index contributed by atoms with van der Waals surface area (Å²) >= 11 is 0. The van der Waals surface area contributed by atoms with E-state index in [1.54, 1.807) is 0 Å². The Morgan fingerprint density at radius 1 is 1.38 bits per heavy atom. The first-order chi connectivity index (χ1) is 7.39. The van der Waals surface area contributed by atoms with Gasteiger partial charge in [-0.2, -0.15) is 0 Å². The Balaban J connectivity index is 3.23. The molecule has 0 fully saturated rings. The van der Waals surface area contributed by atoms with Gasteiger partial charge in [-0.15, -0.1) is 13.2 Å². The lowest BCUT2D eigenvalue weighted by atomic mass is 10.2. The Bertz CT molecular complexity index is 379. The molecule has 1 aromatic heterocycles. The van der Waals surface area contributed by atoms with Crippen LogP contribution in [0.25, 0.3) is 0 Å². The van der Waals surface area contributed by atoms with E-state index in [0.29, 0.717) is 0 Å². The van der Waals surface area contributed by atoms with Gasteiger partial charge in [0.15, 0.2) is 11.5 Å². The molecule has 1 heterocycles. The van der Waals surface area contributed by atoms with Crippen LogP contribution in [-0.2, 0) is 6.61 Å². The molecule has 16 heavy (non-hydrogen) atoms. The number of aliphatic hydroxyl groups excluding tert-OH is 1. The molecule has 1 rings (SSSR count). The van der Waals surface area contributed by atoms with Crippen LogP contribution in [0.3, 0.4) is 0 Å². The number of aryl methyl sites for hydroxylation is 1. The van der Waals surface area contributed by atoms with Crippen molar-refractivity contribution in [1.29, 1.82) is 0 Å². The van der Waals surface area contributed by atoms with E-state index in [1.807, 2.05) is 0 Å². The second-order valence-corrected chi connectivity index (χ2v) is 2.94. The molecule has 1 N–H and O–H groups in total. The Labute approximate surface area is 89.6 Å². The lowest BCUT2D eigenvalue weighted by Crippen LogP contribution is -2.19. The highest BCUT2D eigenvalue weighted by Gasteiger charge is 2.34. The van der Waals surface area contributed by atoms with Crippen molar-refractivity contribution in [3.8, 4) is 11.5 Å². The minimum absolute atomic E-state index is 0.0337. The molecule has 0 spiro atoms. The molecule has 0 radical (unpaired) electrons. The number of methoxy groups -OCH3 is 1. The van der Waals surface area contributed by atoms with Gasteiger partial charge in [0.05, 0.1) is 19.4 Å².